The van der Waals surface area contributed by atoms with E-state index >= 15 is 0 Å². The Morgan fingerprint density at radius 3 is 2.32 bits per heavy atom. The Hall–Kier alpha value is -2.79. The number of nitrogens with zero attached hydrogens (tertiary/aromatic N) is 2. The molecule has 3 rings (SSSR count). The highest BCUT2D eigenvalue weighted by atomic mass is 32.1. The molecule has 0 saturated carbocycles. The molecule has 25 heavy (non-hydrogen) atoms. The number of rotatable bonds is 5. The fourth-order valence-corrected chi connectivity index (χ4v) is 3.13. The van der Waals surface area contributed by atoms with Crippen LogP contribution >= 0.6 is 11.3 Å². The van der Waals surface area contributed by atoms with Crippen LogP contribution < -0.4 is 0 Å². The second-order valence-corrected chi connectivity index (χ2v) is 6.92. The van der Waals surface area contributed by atoms with Gasteiger partial charge in [-0.25, -0.2) is 4.98 Å². The number of nitro benzene ring substituents is 1. The van der Waals surface area contributed by atoms with Gasteiger partial charge in [-0.2, -0.15) is 0 Å². The summed E-state index contributed by atoms with van der Waals surface area (Å²) in [5, 5.41) is 13.6. The van der Waals surface area contributed by atoms with E-state index in [0.29, 0.717) is 5.92 Å². The second-order valence-electron chi connectivity index (χ2n) is 6.03. The molecule has 0 aliphatic heterocycles. The SMILES string of the molecule is CC(C)c1ccc(/C=C/c2nc(-c3ccc([N+](=O)[O-])cc3)cs2)cc1. The molecule has 5 heteroatoms. The first kappa shape index (κ1) is 17.0. The number of hydrogen-bond acceptors (Lipinski definition) is 4. The lowest BCUT2D eigenvalue weighted by Crippen LogP contribution is -1.87. The third-order valence-corrected chi connectivity index (χ3v) is 4.73. The first-order valence-electron chi connectivity index (χ1n) is 8.01. The molecular weight excluding hydrogens is 332 g/mol. The van der Waals surface area contributed by atoms with Crippen molar-refractivity contribution in [1.82, 2.24) is 4.98 Å². The van der Waals surface area contributed by atoms with E-state index in [1.807, 2.05) is 17.5 Å². The predicted octanol–water partition coefficient (Wildman–Crippen LogP) is 6.01. The largest absolute Gasteiger partial charge is 0.269 e. The lowest BCUT2D eigenvalue weighted by molar-refractivity contribution is -0.384. The summed E-state index contributed by atoms with van der Waals surface area (Å²) in [6.07, 6.45) is 4.03. The molecule has 0 saturated heterocycles. The highest BCUT2D eigenvalue weighted by molar-refractivity contribution is 7.10. The highest BCUT2D eigenvalue weighted by Crippen LogP contribution is 2.25. The van der Waals surface area contributed by atoms with Gasteiger partial charge in [0, 0.05) is 23.1 Å². The molecule has 0 N–H and O–H groups in total. The van der Waals surface area contributed by atoms with Crippen molar-refractivity contribution in [3.63, 3.8) is 0 Å². The van der Waals surface area contributed by atoms with E-state index in [9.17, 15) is 10.1 Å². The molecular formula is C20H18N2O2S. The van der Waals surface area contributed by atoms with E-state index in [2.05, 4.69) is 43.1 Å². The molecule has 0 fully saturated rings. The van der Waals surface area contributed by atoms with Crippen LogP contribution in [0, 0.1) is 10.1 Å². The van der Waals surface area contributed by atoms with Gasteiger partial charge in [0.2, 0.25) is 0 Å². The molecule has 1 heterocycles. The van der Waals surface area contributed by atoms with Crippen LogP contribution in [0.1, 0.15) is 35.9 Å². The smallest absolute Gasteiger partial charge is 0.258 e. The first-order chi connectivity index (χ1) is 12.0. The van der Waals surface area contributed by atoms with Gasteiger partial charge in [0.1, 0.15) is 5.01 Å². The van der Waals surface area contributed by atoms with Crippen molar-refractivity contribution in [3.8, 4) is 11.3 Å². The maximum atomic E-state index is 10.7. The van der Waals surface area contributed by atoms with Gasteiger partial charge in [0.05, 0.1) is 10.6 Å². The zero-order chi connectivity index (χ0) is 17.8. The van der Waals surface area contributed by atoms with Crippen molar-refractivity contribution in [3.05, 3.63) is 80.2 Å². The standard InChI is InChI=1S/C20H18N2O2S/c1-14(2)16-6-3-15(4-7-16)5-12-20-21-19(13-25-20)17-8-10-18(11-9-17)22(23)24/h3-14H,1-2H3/b12-5+. The lowest BCUT2D eigenvalue weighted by Gasteiger charge is -2.04. The molecule has 1 aromatic heterocycles. The van der Waals surface area contributed by atoms with Crippen LogP contribution in [0.3, 0.4) is 0 Å². The summed E-state index contributed by atoms with van der Waals surface area (Å²) < 4.78 is 0. The number of nitro groups is 1. The summed E-state index contributed by atoms with van der Waals surface area (Å²) in [6.45, 7) is 4.36. The number of thiazole rings is 1. The van der Waals surface area contributed by atoms with Crippen molar-refractivity contribution in [2.24, 2.45) is 0 Å². The Bertz CT molecular complexity index is 894. The van der Waals surface area contributed by atoms with Crippen LogP contribution in [0.5, 0.6) is 0 Å². The molecule has 0 aliphatic rings. The molecule has 2 aromatic carbocycles. The third kappa shape index (κ3) is 4.19. The van der Waals surface area contributed by atoms with Gasteiger partial charge in [0.15, 0.2) is 0 Å². The minimum absolute atomic E-state index is 0.0870. The van der Waals surface area contributed by atoms with Gasteiger partial charge in [-0.05, 0) is 35.3 Å². The van der Waals surface area contributed by atoms with Gasteiger partial charge in [-0.1, -0.05) is 44.2 Å². The van der Waals surface area contributed by atoms with E-state index in [1.165, 1.54) is 17.7 Å². The molecule has 0 aliphatic carbocycles. The summed E-state index contributed by atoms with van der Waals surface area (Å²) in [6, 6.07) is 15.0. The first-order valence-corrected chi connectivity index (χ1v) is 8.89. The molecule has 0 bridgehead atoms. The maximum absolute atomic E-state index is 10.7. The zero-order valence-electron chi connectivity index (χ0n) is 14.0. The fraction of sp³-hybridized carbons (Fsp3) is 0.150. The van der Waals surface area contributed by atoms with Crippen molar-refractivity contribution in [1.29, 1.82) is 0 Å². The Kier molecular flexibility index (Phi) is 5.05. The van der Waals surface area contributed by atoms with E-state index in [4.69, 9.17) is 0 Å². The van der Waals surface area contributed by atoms with E-state index in [1.54, 1.807) is 23.5 Å². The van der Waals surface area contributed by atoms with Gasteiger partial charge in [0.25, 0.3) is 5.69 Å². The van der Waals surface area contributed by atoms with Gasteiger partial charge < -0.3 is 0 Å². The molecule has 0 amide bonds. The Morgan fingerprint density at radius 2 is 1.72 bits per heavy atom. The topological polar surface area (TPSA) is 56.0 Å². The van der Waals surface area contributed by atoms with Crippen LogP contribution in [-0.4, -0.2) is 9.91 Å². The van der Waals surface area contributed by atoms with Crippen molar-refractivity contribution >= 4 is 29.2 Å². The average Bonchev–Trinajstić information content (AvgIpc) is 3.09. The normalized spacial score (nSPS) is 11.3. The van der Waals surface area contributed by atoms with E-state index in [0.717, 1.165) is 21.8 Å². The Labute approximate surface area is 150 Å². The van der Waals surface area contributed by atoms with Gasteiger partial charge >= 0.3 is 0 Å². The van der Waals surface area contributed by atoms with Crippen LogP contribution in [0.25, 0.3) is 23.4 Å². The van der Waals surface area contributed by atoms with Crippen molar-refractivity contribution < 1.29 is 4.92 Å². The molecule has 3 aromatic rings. The number of non-ortho nitro benzene ring substituents is 1. The minimum atomic E-state index is -0.399. The van der Waals surface area contributed by atoms with Crippen molar-refractivity contribution in [2.75, 3.05) is 0 Å². The monoisotopic (exact) mass is 350 g/mol. The van der Waals surface area contributed by atoms with Crippen LogP contribution in [-0.2, 0) is 0 Å². The number of aromatic nitrogens is 1. The van der Waals surface area contributed by atoms with Crippen molar-refractivity contribution in [2.45, 2.75) is 19.8 Å². The highest BCUT2D eigenvalue weighted by Gasteiger charge is 2.07. The zero-order valence-corrected chi connectivity index (χ0v) is 14.9. The maximum Gasteiger partial charge on any atom is 0.269 e. The average molecular weight is 350 g/mol. The van der Waals surface area contributed by atoms with Crippen LogP contribution in [0.4, 0.5) is 5.69 Å². The van der Waals surface area contributed by atoms with Crippen LogP contribution in [0.2, 0.25) is 0 Å². The molecule has 0 unspecified atom stereocenters. The molecule has 0 atom stereocenters. The van der Waals surface area contributed by atoms with Crippen LogP contribution in [0.15, 0.2) is 53.9 Å². The fourth-order valence-electron chi connectivity index (χ4n) is 2.41. The summed E-state index contributed by atoms with van der Waals surface area (Å²) in [5.41, 5.74) is 4.25. The van der Waals surface area contributed by atoms with E-state index < -0.39 is 4.92 Å². The predicted molar refractivity (Wildman–Crippen MR) is 104 cm³/mol. The number of hydrogen-bond donors (Lipinski definition) is 0. The summed E-state index contributed by atoms with van der Waals surface area (Å²) >= 11 is 1.55. The van der Waals surface area contributed by atoms with Gasteiger partial charge in [-0.3, -0.25) is 10.1 Å². The quantitative estimate of drug-likeness (QED) is 0.418. The molecule has 4 nitrogen and oxygen atoms in total. The summed E-state index contributed by atoms with van der Waals surface area (Å²) in [4.78, 5) is 14.9. The Balaban J connectivity index is 1.73. The molecule has 0 radical (unpaired) electrons. The molecule has 0 spiro atoms. The van der Waals surface area contributed by atoms with Gasteiger partial charge in [-0.15, -0.1) is 11.3 Å². The summed E-state index contributed by atoms with van der Waals surface area (Å²) in [5.74, 6) is 0.529. The molecule has 126 valence electrons. The second kappa shape index (κ2) is 7.40. The number of benzene rings is 2. The lowest BCUT2D eigenvalue weighted by atomic mass is 10.0. The van der Waals surface area contributed by atoms with E-state index in [-0.39, 0.29) is 5.69 Å². The Morgan fingerprint density at radius 1 is 1.04 bits per heavy atom. The third-order valence-electron chi connectivity index (χ3n) is 3.92. The minimum Gasteiger partial charge on any atom is -0.258 e. The summed E-state index contributed by atoms with van der Waals surface area (Å²) in [7, 11) is 0.